The molecule has 0 N–H and O–H groups in total. The highest BCUT2D eigenvalue weighted by molar-refractivity contribution is 5.68. The molecule has 1 unspecified atom stereocenters. The number of hydrogen-bond acceptors (Lipinski definition) is 1. The summed E-state index contributed by atoms with van der Waals surface area (Å²) >= 11 is 0. The zero-order valence-electron chi connectivity index (χ0n) is 10.9. The normalized spacial score (nSPS) is 15.2. The van der Waals surface area contributed by atoms with Crippen LogP contribution >= 0.6 is 0 Å². The van der Waals surface area contributed by atoms with Crippen molar-refractivity contribution in [3.05, 3.63) is 35.4 Å². The van der Waals surface area contributed by atoms with Crippen LogP contribution in [0.4, 0.5) is 22.0 Å². The molecule has 20 heavy (non-hydrogen) atoms. The van der Waals surface area contributed by atoms with Gasteiger partial charge in [0, 0.05) is 6.42 Å². The van der Waals surface area contributed by atoms with Crippen LogP contribution in [0.25, 0.3) is 0 Å². The minimum atomic E-state index is -4.49. The molecule has 0 amide bonds. The molecule has 0 radical (unpaired) electrons. The lowest BCUT2D eigenvalue weighted by molar-refractivity contribution is -0.137. The van der Waals surface area contributed by atoms with Crippen molar-refractivity contribution in [3.8, 4) is 0 Å². The molecular formula is C14H15F5O. The van der Waals surface area contributed by atoms with Gasteiger partial charge in [-0.3, -0.25) is 0 Å². The molecular weight excluding hydrogens is 279 g/mol. The first-order valence-electron chi connectivity index (χ1n) is 6.17. The lowest BCUT2D eigenvalue weighted by Gasteiger charge is -2.28. The predicted octanol–water partition coefficient (Wildman–Crippen LogP) is 4.60. The molecule has 0 aromatic heterocycles. The molecule has 1 atom stereocenters. The maximum absolute atomic E-state index is 12.7. The van der Waals surface area contributed by atoms with Crippen molar-refractivity contribution in [1.29, 1.82) is 0 Å². The monoisotopic (exact) mass is 294 g/mol. The molecule has 0 saturated heterocycles. The van der Waals surface area contributed by atoms with E-state index in [-0.39, 0.29) is 12.0 Å². The minimum absolute atomic E-state index is 0.173. The summed E-state index contributed by atoms with van der Waals surface area (Å²) < 4.78 is 62.7. The molecule has 0 spiro atoms. The van der Waals surface area contributed by atoms with Gasteiger partial charge in [-0.05, 0) is 24.1 Å². The largest absolute Gasteiger partial charge is 0.416 e. The second kappa shape index (κ2) is 6.33. The van der Waals surface area contributed by atoms with E-state index in [1.165, 1.54) is 0 Å². The molecule has 1 aromatic rings. The van der Waals surface area contributed by atoms with Gasteiger partial charge in [0.05, 0.1) is 11.0 Å². The fraction of sp³-hybridized carbons (Fsp3) is 0.500. The van der Waals surface area contributed by atoms with Crippen molar-refractivity contribution in [2.45, 2.75) is 44.2 Å². The SMILES string of the molecule is CCCC(C=O)(CC(F)F)c1ccc(C(F)(F)F)cc1. The second-order valence-corrected chi connectivity index (χ2v) is 4.69. The molecule has 0 heterocycles. The molecule has 1 rings (SSSR count). The summed E-state index contributed by atoms with van der Waals surface area (Å²) in [5.74, 6) is 0. The van der Waals surface area contributed by atoms with Crippen LogP contribution in [0.2, 0.25) is 0 Å². The minimum Gasteiger partial charge on any atom is -0.302 e. The summed E-state index contributed by atoms with van der Waals surface area (Å²) in [5.41, 5.74) is -2.09. The van der Waals surface area contributed by atoms with E-state index in [1.54, 1.807) is 6.92 Å². The van der Waals surface area contributed by atoms with Gasteiger partial charge in [-0.1, -0.05) is 25.5 Å². The van der Waals surface area contributed by atoms with E-state index >= 15 is 0 Å². The molecule has 0 aliphatic rings. The van der Waals surface area contributed by atoms with Gasteiger partial charge in [0.25, 0.3) is 0 Å². The lowest BCUT2D eigenvalue weighted by atomic mass is 9.75. The van der Waals surface area contributed by atoms with Crippen molar-refractivity contribution in [2.75, 3.05) is 0 Å². The summed E-state index contributed by atoms with van der Waals surface area (Å²) in [5, 5.41) is 0. The smallest absolute Gasteiger partial charge is 0.302 e. The van der Waals surface area contributed by atoms with Crippen molar-refractivity contribution >= 4 is 6.29 Å². The molecule has 0 aliphatic carbocycles. The van der Waals surface area contributed by atoms with Crippen molar-refractivity contribution in [2.24, 2.45) is 0 Å². The van der Waals surface area contributed by atoms with E-state index in [9.17, 15) is 26.7 Å². The van der Waals surface area contributed by atoms with Crippen LogP contribution in [0.1, 0.15) is 37.3 Å². The van der Waals surface area contributed by atoms with E-state index in [2.05, 4.69) is 0 Å². The zero-order valence-corrected chi connectivity index (χ0v) is 10.9. The molecule has 0 fully saturated rings. The van der Waals surface area contributed by atoms with Crippen LogP contribution in [-0.2, 0) is 16.4 Å². The highest BCUT2D eigenvalue weighted by atomic mass is 19.4. The lowest BCUT2D eigenvalue weighted by Crippen LogP contribution is -2.30. The Morgan fingerprint density at radius 3 is 1.95 bits per heavy atom. The predicted molar refractivity (Wildman–Crippen MR) is 64.7 cm³/mol. The topological polar surface area (TPSA) is 17.1 Å². The molecule has 0 saturated carbocycles. The summed E-state index contributed by atoms with van der Waals surface area (Å²) in [7, 11) is 0. The molecule has 6 heteroatoms. The van der Waals surface area contributed by atoms with Gasteiger partial charge in [0.2, 0.25) is 6.43 Å². The maximum atomic E-state index is 12.7. The number of halogens is 5. The van der Waals surface area contributed by atoms with E-state index in [0.717, 1.165) is 24.3 Å². The van der Waals surface area contributed by atoms with Crippen LogP contribution < -0.4 is 0 Å². The molecule has 0 bridgehead atoms. The van der Waals surface area contributed by atoms with Gasteiger partial charge >= 0.3 is 6.18 Å². The zero-order chi connectivity index (χ0) is 15.4. The van der Waals surface area contributed by atoms with Gasteiger partial charge in [0.15, 0.2) is 0 Å². The number of aldehydes is 1. The molecule has 1 aromatic carbocycles. The summed E-state index contributed by atoms with van der Waals surface area (Å²) in [4.78, 5) is 11.3. The van der Waals surface area contributed by atoms with Crippen LogP contribution in [0.5, 0.6) is 0 Å². The first-order chi connectivity index (χ1) is 9.25. The average molecular weight is 294 g/mol. The number of alkyl halides is 5. The van der Waals surface area contributed by atoms with Crippen LogP contribution in [0.15, 0.2) is 24.3 Å². The van der Waals surface area contributed by atoms with E-state index in [4.69, 9.17) is 0 Å². The Hall–Kier alpha value is -1.46. The molecule has 1 nitrogen and oxygen atoms in total. The number of hydrogen-bond donors (Lipinski definition) is 0. The summed E-state index contributed by atoms with van der Waals surface area (Å²) in [6.45, 7) is 1.73. The van der Waals surface area contributed by atoms with E-state index in [0.29, 0.717) is 12.7 Å². The first-order valence-corrected chi connectivity index (χ1v) is 6.17. The van der Waals surface area contributed by atoms with Crippen molar-refractivity contribution in [3.63, 3.8) is 0 Å². The average Bonchev–Trinajstić information content (AvgIpc) is 2.36. The Balaban J connectivity index is 3.17. The Morgan fingerprint density at radius 2 is 1.60 bits per heavy atom. The Labute approximate surface area is 113 Å². The molecule has 0 aliphatic heterocycles. The van der Waals surface area contributed by atoms with Gasteiger partial charge in [-0.15, -0.1) is 0 Å². The quantitative estimate of drug-likeness (QED) is 0.553. The van der Waals surface area contributed by atoms with E-state index < -0.39 is 30.0 Å². The standard InChI is InChI=1S/C14H15F5O/c1-2-7-13(9-20,8-12(15)16)10-3-5-11(6-4-10)14(17,18)19/h3-6,9,12H,2,7-8H2,1H3. The van der Waals surface area contributed by atoms with Gasteiger partial charge in [-0.25, -0.2) is 8.78 Å². The Bertz CT molecular complexity index is 438. The van der Waals surface area contributed by atoms with Gasteiger partial charge in [-0.2, -0.15) is 13.2 Å². The third-order valence-electron chi connectivity index (χ3n) is 3.23. The van der Waals surface area contributed by atoms with Crippen LogP contribution in [-0.4, -0.2) is 12.7 Å². The number of carbonyl (C=O) groups is 1. The summed E-state index contributed by atoms with van der Waals surface area (Å²) in [6, 6.07) is 3.84. The van der Waals surface area contributed by atoms with Crippen LogP contribution in [0, 0.1) is 0 Å². The third-order valence-corrected chi connectivity index (χ3v) is 3.23. The summed E-state index contributed by atoms with van der Waals surface area (Å²) in [6.07, 6.45) is -6.80. The Morgan fingerprint density at radius 1 is 1.10 bits per heavy atom. The molecule has 112 valence electrons. The van der Waals surface area contributed by atoms with E-state index in [1.807, 2.05) is 0 Å². The fourth-order valence-corrected chi connectivity index (χ4v) is 2.25. The van der Waals surface area contributed by atoms with Crippen molar-refractivity contribution < 1.29 is 26.7 Å². The first kappa shape index (κ1) is 16.6. The number of carbonyl (C=O) groups excluding carboxylic acids is 1. The second-order valence-electron chi connectivity index (χ2n) is 4.69. The fourth-order valence-electron chi connectivity index (χ4n) is 2.25. The van der Waals surface area contributed by atoms with Crippen LogP contribution in [0.3, 0.4) is 0 Å². The maximum Gasteiger partial charge on any atom is 0.416 e. The number of benzene rings is 1. The third kappa shape index (κ3) is 3.77. The Kier molecular flexibility index (Phi) is 5.25. The van der Waals surface area contributed by atoms with Gasteiger partial charge < -0.3 is 4.79 Å². The number of rotatable bonds is 6. The highest BCUT2D eigenvalue weighted by Gasteiger charge is 2.36. The van der Waals surface area contributed by atoms with Gasteiger partial charge in [0.1, 0.15) is 6.29 Å². The highest BCUT2D eigenvalue weighted by Crippen LogP contribution is 2.36. The van der Waals surface area contributed by atoms with Crippen molar-refractivity contribution in [1.82, 2.24) is 0 Å².